The molecule has 214 valence electrons. The van der Waals surface area contributed by atoms with Crippen LogP contribution in [0.25, 0.3) is 0 Å². The molecule has 0 aliphatic carbocycles. The summed E-state index contributed by atoms with van der Waals surface area (Å²) in [6, 6.07) is 9.12. The summed E-state index contributed by atoms with van der Waals surface area (Å²) in [4.78, 5) is 29.2. The predicted octanol–water partition coefficient (Wildman–Crippen LogP) is 6.49. The lowest BCUT2D eigenvalue weighted by Crippen LogP contribution is -2.39. The Labute approximate surface area is 247 Å². The van der Waals surface area contributed by atoms with Gasteiger partial charge >= 0.3 is 0 Å². The number of amides is 2. The van der Waals surface area contributed by atoms with E-state index in [0.29, 0.717) is 15.7 Å². The number of benzene rings is 2. The van der Waals surface area contributed by atoms with Gasteiger partial charge < -0.3 is 10.6 Å². The zero-order valence-corrected chi connectivity index (χ0v) is 25.9. The highest BCUT2D eigenvalue weighted by Crippen LogP contribution is 2.47. The van der Waals surface area contributed by atoms with Gasteiger partial charge in [0.25, 0.3) is 5.91 Å². The van der Waals surface area contributed by atoms with Gasteiger partial charge in [0.1, 0.15) is 6.54 Å². The number of anilines is 1. The van der Waals surface area contributed by atoms with Gasteiger partial charge in [0.05, 0.1) is 6.04 Å². The minimum Gasteiger partial charge on any atom is -0.352 e. The highest BCUT2D eigenvalue weighted by atomic mass is 35.5. The molecule has 2 amide bonds. The Morgan fingerprint density at radius 2 is 1.77 bits per heavy atom. The lowest BCUT2D eigenvalue weighted by atomic mass is 9.91. The van der Waals surface area contributed by atoms with Gasteiger partial charge in [0.15, 0.2) is 5.69 Å². The van der Waals surface area contributed by atoms with Crippen molar-refractivity contribution in [3.8, 4) is 0 Å². The van der Waals surface area contributed by atoms with Crippen LogP contribution in [0, 0.1) is 20.8 Å². The first kappa shape index (κ1) is 30.1. The average Bonchev–Trinajstić information content (AvgIpc) is 3.38. The molecular weight excluding hydrogens is 545 g/mol. The molecule has 0 fully saturated rings. The van der Waals surface area contributed by atoms with Gasteiger partial charge in [-0.3, -0.25) is 19.2 Å². The first-order valence-corrected chi connectivity index (χ1v) is 14.6. The molecule has 2 aromatic carbocycles. The Hall–Kier alpha value is -2.87. The number of rotatable bonds is 10. The van der Waals surface area contributed by atoms with Gasteiger partial charge in [-0.15, -0.1) is 0 Å². The number of hydrogen-bond donors (Lipinski definition) is 2. The third-order valence-corrected chi connectivity index (χ3v) is 8.27. The van der Waals surface area contributed by atoms with Crippen LogP contribution in [-0.4, -0.2) is 41.2 Å². The van der Waals surface area contributed by atoms with Crippen LogP contribution in [0.2, 0.25) is 10.0 Å². The van der Waals surface area contributed by atoms with Crippen molar-refractivity contribution >= 4 is 40.7 Å². The van der Waals surface area contributed by atoms with Gasteiger partial charge in [0, 0.05) is 33.0 Å². The SMILES string of the molecule is CCC(CCNC)NC(=O)Cn1nc2c(c1C(C)C)C(c1ccc(Cl)cc1C)N(c1cc(Cl)cc(C)c1C)C2=O. The van der Waals surface area contributed by atoms with Crippen LogP contribution in [-0.2, 0) is 11.3 Å². The summed E-state index contributed by atoms with van der Waals surface area (Å²) in [5.41, 5.74) is 6.73. The molecule has 1 aliphatic rings. The number of halogens is 2. The van der Waals surface area contributed by atoms with Crippen molar-refractivity contribution in [1.82, 2.24) is 20.4 Å². The first-order valence-electron chi connectivity index (χ1n) is 13.9. The first-order chi connectivity index (χ1) is 19.0. The van der Waals surface area contributed by atoms with Crippen molar-refractivity contribution < 1.29 is 9.59 Å². The summed E-state index contributed by atoms with van der Waals surface area (Å²) in [7, 11) is 1.90. The molecule has 40 heavy (non-hydrogen) atoms. The Morgan fingerprint density at radius 1 is 1.07 bits per heavy atom. The fraction of sp³-hybridized carbons (Fsp3) is 0.452. The Kier molecular flexibility index (Phi) is 9.28. The molecular formula is C31H39Cl2N5O2. The van der Waals surface area contributed by atoms with Gasteiger partial charge in [0.2, 0.25) is 5.91 Å². The highest BCUT2D eigenvalue weighted by Gasteiger charge is 2.45. The van der Waals surface area contributed by atoms with Gasteiger partial charge in [-0.2, -0.15) is 5.10 Å². The summed E-state index contributed by atoms with van der Waals surface area (Å²) >= 11 is 12.8. The van der Waals surface area contributed by atoms with Crippen molar-refractivity contribution in [2.75, 3.05) is 18.5 Å². The monoisotopic (exact) mass is 583 g/mol. The van der Waals surface area contributed by atoms with E-state index in [0.717, 1.165) is 58.6 Å². The van der Waals surface area contributed by atoms with Crippen LogP contribution >= 0.6 is 23.2 Å². The maximum absolute atomic E-state index is 14.2. The molecule has 2 N–H and O–H groups in total. The van der Waals surface area contributed by atoms with Gasteiger partial charge in [-0.1, -0.05) is 50.0 Å². The van der Waals surface area contributed by atoms with Crippen LogP contribution in [0.15, 0.2) is 30.3 Å². The quantitative estimate of drug-likeness (QED) is 0.286. The van der Waals surface area contributed by atoms with E-state index < -0.39 is 6.04 Å². The minimum absolute atomic E-state index is 0.0142. The van der Waals surface area contributed by atoms with Crippen LogP contribution in [0.4, 0.5) is 5.69 Å². The second-order valence-corrected chi connectivity index (χ2v) is 11.8. The molecule has 0 spiro atoms. The summed E-state index contributed by atoms with van der Waals surface area (Å²) in [6.07, 6.45) is 1.68. The number of aryl methyl sites for hydroxylation is 2. The van der Waals surface area contributed by atoms with E-state index in [1.165, 1.54) is 0 Å². The lowest BCUT2D eigenvalue weighted by molar-refractivity contribution is -0.122. The summed E-state index contributed by atoms with van der Waals surface area (Å²) in [5, 5.41) is 12.3. The molecule has 0 radical (unpaired) electrons. The molecule has 0 bridgehead atoms. The molecule has 9 heteroatoms. The number of carbonyl (C=O) groups is 2. The second-order valence-electron chi connectivity index (χ2n) is 11.0. The third-order valence-electron chi connectivity index (χ3n) is 7.81. The van der Waals surface area contributed by atoms with E-state index in [9.17, 15) is 9.59 Å². The molecule has 2 heterocycles. The molecule has 2 unspecified atom stereocenters. The molecule has 0 saturated heterocycles. The van der Waals surface area contributed by atoms with E-state index in [4.69, 9.17) is 28.3 Å². The van der Waals surface area contributed by atoms with E-state index in [-0.39, 0.29) is 30.3 Å². The van der Waals surface area contributed by atoms with E-state index in [2.05, 4.69) is 31.4 Å². The predicted molar refractivity (Wildman–Crippen MR) is 163 cm³/mol. The highest BCUT2D eigenvalue weighted by molar-refractivity contribution is 6.31. The number of fused-ring (bicyclic) bond motifs is 1. The molecule has 1 aliphatic heterocycles. The number of hydrogen-bond acceptors (Lipinski definition) is 4. The Bertz CT molecular complexity index is 1430. The van der Waals surface area contributed by atoms with Crippen LogP contribution in [0.1, 0.15) is 89.6 Å². The lowest BCUT2D eigenvalue weighted by Gasteiger charge is -2.30. The Balaban J connectivity index is 1.85. The zero-order chi connectivity index (χ0) is 29.3. The number of nitrogens with one attached hydrogen (secondary N) is 2. The molecule has 1 aromatic heterocycles. The zero-order valence-electron chi connectivity index (χ0n) is 24.4. The van der Waals surface area contributed by atoms with Crippen LogP contribution in [0.5, 0.6) is 0 Å². The maximum atomic E-state index is 14.2. The third kappa shape index (κ3) is 5.78. The topological polar surface area (TPSA) is 79.3 Å². The largest absolute Gasteiger partial charge is 0.352 e. The number of nitrogens with zero attached hydrogens (tertiary/aromatic N) is 3. The number of aromatic nitrogens is 2. The van der Waals surface area contributed by atoms with Crippen molar-refractivity contribution in [1.29, 1.82) is 0 Å². The average molecular weight is 585 g/mol. The molecule has 2 atom stereocenters. The second kappa shape index (κ2) is 12.3. The standard InChI is InChI=1S/C31H39Cl2N5O2/c1-8-23(11-12-34-7)35-26(39)16-37-29(17(2)3)27-28(36-37)31(40)38(25-15-22(33)13-18(4)20(25)6)30(27)24-10-9-21(32)14-19(24)5/h9-10,13-15,17,23,30,34H,8,11-12,16H2,1-7H3,(H,35,39). The van der Waals surface area contributed by atoms with E-state index in [1.807, 2.05) is 63.1 Å². The fourth-order valence-electron chi connectivity index (χ4n) is 5.65. The van der Waals surface area contributed by atoms with Crippen LogP contribution in [0.3, 0.4) is 0 Å². The van der Waals surface area contributed by atoms with Crippen molar-refractivity contribution in [2.24, 2.45) is 0 Å². The maximum Gasteiger partial charge on any atom is 0.280 e. The van der Waals surface area contributed by atoms with E-state index in [1.54, 1.807) is 4.68 Å². The normalized spacial score (nSPS) is 15.6. The Morgan fingerprint density at radius 3 is 2.40 bits per heavy atom. The molecule has 0 saturated carbocycles. The smallest absolute Gasteiger partial charge is 0.280 e. The summed E-state index contributed by atoms with van der Waals surface area (Å²) < 4.78 is 1.72. The molecule has 4 rings (SSSR count). The van der Waals surface area contributed by atoms with Gasteiger partial charge in [-0.25, -0.2) is 0 Å². The van der Waals surface area contributed by atoms with E-state index >= 15 is 0 Å². The molecule has 3 aromatic rings. The minimum atomic E-state index is -0.440. The summed E-state index contributed by atoms with van der Waals surface area (Å²) in [5.74, 6) is -0.308. The number of carbonyl (C=O) groups excluding carboxylic acids is 2. The van der Waals surface area contributed by atoms with Gasteiger partial charge in [-0.05, 0) is 99.6 Å². The van der Waals surface area contributed by atoms with Crippen LogP contribution < -0.4 is 15.5 Å². The van der Waals surface area contributed by atoms with Crippen molar-refractivity contribution in [2.45, 2.75) is 78.9 Å². The van der Waals surface area contributed by atoms with Crippen molar-refractivity contribution in [3.63, 3.8) is 0 Å². The molecule has 7 nitrogen and oxygen atoms in total. The van der Waals surface area contributed by atoms with Crippen molar-refractivity contribution in [3.05, 3.63) is 79.6 Å². The fourth-order valence-corrected chi connectivity index (χ4v) is 6.14. The summed E-state index contributed by atoms with van der Waals surface area (Å²) in [6.45, 7) is 13.1.